The molecule has 1 unspecified atom stereocenters. The number of nitrogens with zero attached hydrogens (tertiary/aromatic N) is 4. The number of amides is 2. The van der Waals surface area contributed by atoms with Crippen molar-refractivity contribution in [2.75, 3.05) is 66.5 Å². The molecule has 0 aromatic heterocycles. The lowest BCUT2D eigenvalue weighted by Crippen LogP contribution is -2.53. The molecule has 1 atom stereocenters. The van der Waals surface area contributed by atoms with Crippen LogP contribution in [0.1, 0.15) is 26.2 Å². The Morgan fingerprint density at radius 3 is 2.43 bits per heavy atom. The molecule has 0 spiro atoms. The molecule has 2 fully saturated rings. The molecule has 11 heteroatoms. The van der Waals surface area contributed by atoms with Gasteiger partial charge < -0.3 is 14.5 Å². The Morgan fingerprint density at radius 2 is 1.82 bits per heavy atom. The summed E-state index contributed by atoms with van der Waals surface area (Å²) in [6.07, 6.45) is 2.08. The fraction of sp³-hybridized carbons (Fsp3) is 0.882. The highest BCUT2D eigenvalue weighted by Gasteiger charge is 2.32. The monoisotopic (exact) mass is 419 g/mol. The van der Waals surface area contributed by atoms with Gasteiger partial charge >= 0.3 is 6.09 Å². The van der Waals surface area contributed by atoms with Crippen LogP contribution in [0.15, 0.2) is 0 Å². The van der Waals surface area contributed by atoms with Crippen molar-refractivity contribution < 1.29 is 22.7 Å². The van der Waals surface area contributed by atoms with Crippen LogP contribution in [0.4, 0.5) is 4.79 Å². The molecule has 0 aliphatic carbocycles. The maximum atomic E-state index is 12.5. The number of carbonyl (C=O) groups is 2. The highest BCUT2D eigenvalue weighted by molar-refractivity contribution is 7.87. The van der Waals surface area contributed by atoms with E-state index in [0.717, 1.165) is 19.4 Å². The quantitative estimate of drug-likeness (QED) is 0.534. The summed E-state index contributed by atoms with van der Waals surface area (Å²) in [5.41, 5.74) is 0. The van der Waals surface area contributed by atoms with Crippen LogP contribution in [0.5, 0.6) is 0 Å². The molecule has 0 aromatic rings. The molecule has 2 amide bonds. The number of likely N-dealkylation sites (N-methyl/N-ethyl adjacent to an activating group) is 1. The molecule has 0 bridgehead atoms. The lowest BCUT2D eigenvalue weighted by atomic mass is 10.2. The summed E-state index contributed by atoms with van der Waals surface area (Å²) < 4.78 is 33.8. The van der Waals surface area contributed by atoms with Crippen LogP contribution in [0, 0.1) is 0 Å². The van der Waals surface area contributed by atoms with E-state index in [1.54, 1.807) is 25.9 Å². The summed E-state index contributed by atoms with van der Waals surface area (Å²) in [7, 11) is -0.0558. The van der Waals surface area contributed by atoms with E-state index in [9.17, 15) is 18.0 Å². The largest absolute Gasteiger partial charge is 0.450 e. The third kappa shape index (κ3) is 6.03. The second kappa shape index (κ2) is 10.4. The van der Waals surface area contributed by atoms with Gasteiger partial charge in [0.25, 0.3) is 10.2 Å². The van der Waals surface area contributed by atoms with Crippen LogP contribution in [0.2, 0.25) is 0 Å². The van der Waals surface area contributed by atoms with E-state index in [2.05, 4.69) is 9.62 Å². The first-order valence-electron chi connectivity index (χ1n) is 9.88. The van der Waals surface area contributed by atoms with E-state index < -0.39 is 16.3 Å². The fourth-order valence-electron chi connectivity index (χ4n) is 3.57. The smallest absolute Gasteiger partial charge is 0.409 e. The summed E-state index contributed by atoms with van der Waals surface area (Å²) in [4.78, 5) is 29.2. The molecule has 2 rings (SSSR count). The zero-order valence-corrected chi connectivity index (χ0v) is 17.9. The summed E-state index contributed by atoms with van der Waals surface area (Å²) in [5.74, 6) is 0.109. The second-order valence-electron chi connectivity index (χ2n) is 7.26. The van der Waals surface area contributed by atoms with Crippen LogP contribution < -0.4 is 4.72 Å². The van der Waals surface area contributed by atoms with E-state index in [0.29, 0.717) is 39.2 Å². The predicted molar refractivity (Wildman–Crippen MR) is 105 cm³/mol. The van der Waals surface area contributed by atoms with Crippen LogP contribution in [0.3, 0.4) is 0 Å². The first-order valence-corrected chi connectivity index (χ1v) is 11.3. The third-order valence-corrected chi connectivity index (χ3v) is 6.71. The molecular weight excluding hydrogens is 386 g/mol. The SMILES string of the molecule is CCOC(=O)N1CCN(S(=O)(=O)NCCCN2CCCC2C(=O)N(C)C)CC1. The van der Waals surface area contributed by atoms with Gasteiger partial charge in [-0.05, 0) is 32.7 Å². The average molecular weight is 420 g/mol. The van der Waals surface area contributed by atoms with Gasteiger partial charge in [0.15, 0.2) is 0 Å². The summed E-state index contributed by atoms with van der Waals surface area (Å²) in [5, 5.41) is 0. The third-order valence-electron chi connectivity index (χ3n) is 5.10. The van der Waals surface area contributed by atoms with Crippen molar-refractivity contribution in [3.8, 4) is 0 Å². The van der Waals surface area contributed by atoms with Gasteiger partial charge in [0.1, 0.15) is 0 Å². The number of rotatable bonds is 8. The molecule has 10 nitrogen and oxygen atoms in total. The Hall–Kier alpha value is -1.43. The Balaban J connectivity index is 1.72. The molecule has 2 aliphatic heterocycles. The molecule has 2 aliphatic rings. The number of nitrogens with one attached hydrogen (secondary N) is 1. The molecule has 0 aromatic carbocycles. The van der Waals surface area contributed by atoms with Gasteiger partial charge in [0.2, 0.25) is 5.91 Å². The second-order valence-corrected chi connectivity index (χ2v) is 9.02. The van der Waals surface area contributed by atoms with Crippen LogP contribution in [-0.4, -0.2) is 112 Å². The standard InChI is InChI=1S/C17H33N5O5S/c1-4-27-17(24)21-11-13-22(14-12-21)28(25,26)18-8-6-10-20-9-5-7-15(20)16(23)19(2)3/h15,18H,4-14H2,1-3H3. The molecule has 1 N–H and O–H groups in total. The molecule has 28 heavy (non-hydrogen) atoms. The molecule has 0 saturated carbocycles. The van der Waals surface area contributed by atoms with Crippen LogP contribution in [-0.2, 0) is 19.7 Å². The maximum absolute atomic E-state index is 12.5. The van der Waals surface area contributed by atoms with E-state index in [-0.39, 0.29) is 25.0 Å². The van der Waals surface area contributed by atoms with Crippen LogP contribution >= 0.6 is 0 Å². The van der Waals surface area contributed by atoms with Gasteiger partial charge in [-0.15, -0.1) is 0 Å². The van der Waals surface area contributed by atoms with E-state index in [1.165, 1.54) is 9.21 Å². The Kier molecular flexibility index (Phi) is 8.47. The maximum Gasteiger partial charge on any atom is 0.409 e. The number of hydrogen-bond acceptors (Lipinski definition) is 6. The molecule has 162 valence electrons. The predicted octanol–water partition coefficient (Wildman–Crippen LogP) is -0.462. The number of hydrogen-bond donors (Lipinski definition) is 1. The number of piperazine rings is 1. The first kappa shape index (κ1) is 22.9. The summed E-state index contributed by atoms with van der Waals surface area (Å²) in [6.45, 7) is 5.05. The zero-order valence-electron chi connectivity index (χ0n) is 17.1. The van der Waals surface area contributed by atoms with Gasteiger partial charge in [0.05, 0.1) is 12.6 Å². The first-order chi connectivity index (χ1) is 13.3. The summed E-state index contributed by atoms with van der Waals surface area (Å²) >= 11 is 0. The number of ether oxygens (including phenoxy) is 1. The molecular formula is C17H33N5O5S. The molecule has 0 radical (unpaired) electrons. The van der Waals surface area contributed by atoms with Gasteiger partial charge in [-0.1, -0.05) is 0 Å². The Morgan fingerprint density at radius 1 is 1.14 bits per heavy atom. The Labute approximate surface area is 167 Å². The van der Waals surface area contributed by atoms with Gasteiger partial charge in [-0.3, -0.25) is 9.69 Å². The van der Waals surface area contributed by atoms with Crippen molar-refractivity contribution in [2.45, 2.75) is 32.2 Å². The van der Waals surface area contributed by atoms with Crippen molar-refractivity contribution in [3.63, 3.8) is 0 Å². The van der Waals surface area contributed by atoms with Crippen molar-refractivity contribution in [2.24, 2.45) is 0 Å². The van der Waals surface area contributed by atoms with E-state index in [1.807, 2.05) is 0 Å². The van der Waals surface area contributed by atoms with Gasteiger partial charge in [-0.2, -0.15) is 12.7 Å². The highest BCUT2D eigenvalue weighted by atomic mass is 32.2. The lowest BCUT2D eigenvalue weighted by molar-refractivity contribution is -0.133. The zero-order chi connectivity index (χ0) is 20.7. The minimum atomic E-state index is -3.57. The normalized spacial score (nSPS) is 21.7. The van der Waals surface area contributed by atoms with Crippen LogP contribution in [0.25, 0.3) is 0 Å². The highest BCUT2D eigenvalue weighted by Crippen LogP contribution is 2.18. The number of carbonyl (C=O) groups excluding carboxylic acids is 2. The minimum Gasteiger partial charge on any atom is -0.450 e. The van der Waals surface area contributed by atoms with E-state index in [4.69, 9.17) is 4.74 Å². The van der Waals surface area contributed by atoms with Crippen molar-refractivity contribution in [3.05, 3.63) is 0 Å². The molecule has 2 heterocycles. The van der Waals surface area contributed by atoms with Gasteiger partial charge in [0, 0.05) is 53.4 Å². The van der Waals surface area contributed by atoms with Crippen molar-refractivity contribution in [1.29, 1.82) is 0 Å². The van der Waals surface area contributed by atoms with E-state index >= 15 is 0 Å². The average Bonchev–Trinajstić information content (AvgIpc) is 3.13. The van der Waals surface area contributed by atoms with Crippen molar-refractivity contribution in [1.82, 2.24) is 23.7 Å². The van der Waals surface area contributed by atoms with Gasteiger partial charge in [-0.25, -0.2) is 9.52 Å². The molecule has 2 saturated heterocycles. The van der Waals surface area contributed by atoms with Crippen molar-refractivity contribution >= 4 is 22.2 Å². The topological polar surface area (TPSA) is 102 Å². The fourth-order valence-corrected chi connectivity index (χ4v) is 4.80. The minimum absolute atomic E-state index is 0.0949. The number of likely N-dealkylation sites (tertiary alicyclic amines) is 1. The lowest BCUT2D eigenvalue weighted by Gasteiger charge is -2.33. The summed E-state index contributed by atoms with van der Waals surface area (Å²) in [6, 6.07) is -0.0949. The Bertz CT molecular complexity index is 634.